The Labute approximate surface area is 121 Å². The van der Waals surface area contributed by atoms with Gasteiger partial charge in [0, 0.05) is 17.5 Å². The number of thiazole rings is 1. The van der Waals surface area contributed by atoms with Crippen molar-refractivity contribution in [2.45, 2.75) is 19.5 Å². The third kappa shape index (κ3) is 3.15. The lowest BCUT2D eigenvalue weighted by Gasteiger charge is -2.16. The molecule has 0 spiro atoms. The van der Waals surface area contributed by atoms with E-state index in [-0.39, 0.29) is 11.9 Å². The summed E-state index contributed by atoms with van der Waals surface area (Å²) in [4.78, 5) is 16.3. The second-order valence-corrected chi connectivity index (χ2v) is 5.21. The summed E-state index contributed by atoms with van der Waals surface area (Å²) in [6, 6.07) is 7.44. The van der Waals surface area contributed by atoms with Crippen LogP contribution >= 0.6 is 11.3 Å². The van der Waals surface area contributed by atoms with Crippen molar-refractivity contribution in [2.24, 2.45) is 5.73 Å². The van der Waals surface area contributed by atoms with Crippen LogP contribution in [0.25, 0.3) is 0 Å². The number of benzene rings is 1. The third-order valence-corrected chi connectivity index (χ3v) is 3.78. The summed E-state index contributed by atoms with van der Waals surface area (Å²) in [5, 5.41) is 5.37. The van der Waals surface area contributed by atoms with Crippen molar-refractivity contribution in [2.75, 3.05) is 7.11 Å². The third-order valence-electron chi connectivity index (χ3n) is 2.91. The molecule has 0 fully saturated rings. The summed E-state index contributed by atoms with van der Waals surface area (Å²) in [6.07, 6.45) is 0. The van der Waals surface area contributed by atoms with E-state index in [2.05, 4.69) is 10.3 Å². The highest BCUT2D eigenvalue weighted by Gasteiger charge is 2.16. The summed E-state index contributed by atoms with van der Waals surface area (Å²) in [5.41, 5.74) is 6.82. The Morgan fingerprint density at radius 3 is 2.90 bits per heavy atom. The SMILES string of the molecule is COc1ccccc1C(C)NC(=O)c1csc(CN)n1. The molecular weight excluding hydrogens is 274 g/mol. The molecule has 0 bridgehead atoms. The predicted molar refractivity (Wildman–Crippen MR) is 78.9 cm³/mol. The van der Waals surface area contributed by atoms with Gasteiger partial charge in [-0.25, -0.2) is 4.98 Å². The first-order valence-corrected chi connectivity index (χ1v) is 7.12. The number of rotatable bonds is 5. The van der Waals surface area contributed by atoms with Crippen LogP contribution in [0.3, 0.4) is 0 Å². The van der Waals surface area contributed by atoms with Crippen LogP contribution in [-0.4, -0.2) is 18.0 Å². The summed E-state index contributed by atoms with van der Waals surface area (Å²) in [6.45, 7) is 2.26. The molecule has 1 aromatic heterocycles. The van der Waals surface area contributed by atoms with Crippen LogP contribution in [-0.2, 0) is 6.54 Å². The smallest absolute Gasteiger partial charge is 0.271 e. The summed E-state index contributed by atoms with van der Waals surface area (Å²) in [7, 11) is 1.61. The zero-order chi connectivity index (χ0) is 14.5. The molecule has 0 aliphatic carbocycles. The Morgan fingerprint density at radius 1 is 1.50 bits per heavy atom. The maximum absolute atomic E-state index is 12.1. The monoisotopic (exact) mass is 291 g/mol. The van der Waals surface area contributed by atoms with E-state index in [1.165, 1.54) is 11.3 Å². The molecule has 106 valence electrons. The van der Waals surface area contributed by atoms with Crippen LogP contribution in [0, 0.1) is 0 Å². The van der Waals surface area contributed by atoms with Gasteiger partial charge in [-0.05, 0) is 13.0 Å². The number of nitrogens with zero attached hydrogens (tertiary/aromatic N) is 1. The molecule has 3 N–H and O–H groups in total. The Bertz CT molecular complexity index is 598. The average molecular weight is 291 g/mol. The normalized spacial score (nSPS) is 11.9. The molecule has 5 nitrogen and oxygen atoms in total. The molecule has 0 saturated carbocycles. The van der Waals surface area contributed by atoms with Gasteiger partial charge in [0.15, 0.2) is 0 Å². The fourth-order valence-electron chi connectivity index (χ4n) is 1.88. The highest BCUT2D eigenvalue weighted by molar-refractivity contribution is 7.09. The zero-order valence-electron chi connectivity index (χ0n) is 11.4. The molecule has 0 aliphatic heterocycles. The van der Waals surface area contributed by atoms with Crippen molar-refractivity contribution in [1.29, 1.82) is 0 Å². The van der Waals surface area contributed by atoms with E-state index in [4.69, 9.17) is 10.5 Å². The van der Waals surface area contributed by atoms with Crippen molar-refractivity contribution < 1.29 is 9.53 Å². The fourth-order valence-corrected chi connectivity index (χ4v) is 2.54. The zero-order valence-corrected chi connectivity index (χ0v) is 12.2. The Hall–Kier alpha value is -1.92. The lowest BCUT2D eigenvalue weighted by atomic mass is 10.1. The van der Waals surface area contributed by atoms with Gasteiger partial charge < -0.3 is 15.8 Å². The van der Waals surface area contributed by atoms with Gasteiger partial charge in [0.25, 0.3) is 5.91 Å². The highest BCUT2D eigenvalue weighted by Crippen LogP contribution is 2.24. The van der Waals surface area contributed by atoms with Gasteiger partial charge in [-0.1, -0.05) is 18.2 Å². The second kappa shape index (κ2) is 6.49. The first kappa shape index (κ1) is 14.5. The quantitative estimate of drug-likeness (QED) is 0.884. The minimum Gasteiger partial charge on any atom is -0.496 e. The Morgan fingerprint density at radius 2 is 2.25 bits per heavy atom. The van der Waals surface area contributed by atoms with Crippen LogP contribution in [0.15, 0.2) is 29.6 Å². The fraction of sp³-hybridized carbons (Fsp3) is 0.286. The molecule has 1 atom stereocenters. The van der Waals surface area contributed by atoms with Crippen LogP contribution in [0.4, 0.5) is 0 Å². The van der Waals surface area contributed by atoms with Crippen molar-refractivity contribution in [3.05, 3.63) is 45.9 Å². The van der Waals surface area contributed by atoms with Gasteiger partial charge in [-0.3, -0.25) is 4.79 Å². The first-order valence-electron chi connectivity index (χ1n) is 6.24. The number of para-hydroxylation sites is 1. The van der Waals surface area contributed by atoms with Crippen molar-refractivity contribution >= 4 is 17.2 Å². The minimum absolute atomic E-state index is 0.165. The van der Waals surface area contributed by atoms with Gasteiger partial charge in [0.2, 0.25) is 0 Å². The number of nitrogens with one attached hydrogen (secondary N) is 1. The van der Waals surface area contributed by atoms with Crippen LogP contribution in [0.2, 0.25) is 0 Å². The molecule has 1 unspecified atom stereocenters. The van der Waals surface area contributed by atoms with E-state index < -0.39 is 0 Å². The molecule has 20 heavy (non-hydrogen) atoms. The number of ether oxygens (including phenoxy) is 1. The molecule has 1 amide bonds. The molecule has 1 heterocycles. The van der Waals surface area contributed by atoms with Crippen molar-refractivity contribution in [3.8, 4) is 5.75 Å². The van der Waals surface area contributed by atoms with Crippen LogP contribution < -0.4 is 15.8 Å². The molecule has 0 saturated heterocycles. The van der Waals surface area contributed by atoms with Gasteiger partial charge in [0.05, 0.1) is 13.2 Å². The van der Waals surface area contributed by atoms with Gasteiger partial charge >= 0.3 is 0 Å². The van der Waals surface area contributed by atoms with E-state index >= 15 is 0 Å². The maximum atomic E-state index is 12.1. The predicted octanol–water partition coefficient (Wildman–Crippen LogP) is 2.10. The average Bonchev–Trinajstić information content (AvgIpc) is 2.96. The van der Waals surface area contributed by atoms with Gasteiger partial charge in [-0.2, -0.15) is 0 Å². The standard InChI is InChI=1S/C14H17N3O2S/c1-9(10-5-3-4-6-12(10)19-2)16-14(18)11-8-20-13(7-15)17-11/h3-6,8-9H,7,15H2,1-2H3,(H,16,18). The Balaban J connectivity index is 2.10. The van der Waals surface area contributed by atoms with Crippen molar-refractivity contribution in [3.63, 3.8) is 0 Å². The van der Waals surface area contributed by atoms with Crippen molar-refractivity contribution in [1.82, 2.24) is 10.3 Å². The molecule has 0 aliphatic rings. The van der Waals surface area contributed by atoms with E-state index in [1.807, 2.05) is 31.2 Å². The number of nitrogens with two attached hydrogens (primary N) is 1. The molecular formula is C14H17N3O2S. The van der Waals surface area contributed by atoms with Gasteiger partial charge in [0.1, 0.15) is 16.5 Å². The Kier molecular flexibility index (Phi) is 4.70. The van der Waals surface area contributed by atoms with E-state index in [0.717, 1.165) is 16.3 Å². The molecule has 0 radical (unpaired) electrons. The number of hydrogen-bond donors (Lipinski definition) is 2. The van der Waals surface area contributed by atoms with Crippen LogP contribution in [0.5, 0.6) is 5.75 Å². The van der Waals surface area contributed by atoms with Crippen LogP contribution in [0.1, 0.15) is 34.0 Å². The number of amides is 1. The summed E-state index contributed by atoms with van der Waals surface area (Å²) in [5.74, 6) is 0.542. The second-order valence-electron chi connectivity index (χ2n) is 4.27. The number of carbonyl (C=O) groups is 1. The molecule has 2 rings (SSSR count). The number of methoxy groups -OCH3 is 1. The van der Waals surface area contributed by atoms with E-state index in [1.54, 1.807) is 12.5 Å². The van der Waals surface area contributed by atoms with Gasteiger partial charge in [-0.15, -0.1) is 11.3 Å². The number of hydrogen-bond acceptors (Lipinski definition) is 5. The topological polar surface area (TPSA) is 77.2 Å². The highest BCUT2D eigenvalue weighted by atomic mass is 32.1. The number of carbonyl (C=O) groups excluding carboxylic acids is 1. The first-order chi connectivity index (χ1) is 9.65. The lowest BCUT2D eigenvalue weighted by molar-refractivity contribution is 0.0935. The summed E-state index contributed by atoms with van der Waals surface area (Å²) >= 11 is 1.39. The molecule has 1 aromatic carbocycles. The number of aromatic nitrogens is 1. The molecule has 2 aromatic rings. The largest absolute Gasteiger partial charge is 0.496 e. The maximum Gasteiger partial charge on any atom is 0.271 e. The minimum atomic E-state index is -0.209. The lowest BCUT2D eigenvalue weighted by Crippen LogP contribution is -2.27. The van der Waals surface area contributed by atoms with E-state index in [0.29, 0.717) is 12.2 Å². The van der Waals surface area contributed by atoms with E-state index in [9.17, 15) is 4.79 Å². The molecule has 6 heteroatoms. The summed E-state index contributed by atoms with van der Waals surface area (Å²) < 4.78 is 5.29.